The lowest BCUT2D eigenvalue weighted by atomic mass is 10.1. The van der Waals surface area contributed by atoms with Gasteiger partial charge in [0.1, 0.15) is 5.69 Å². The molecular formula is C13H11ClN4O. The first-order valence-electron chi connectivity index (χ1n) is 5.90. The first-order chi connectivity index (χ1) is 9.05. The number of rotatable bonds is 2. The van der Waals surface area contributed by atoms with Crippen LogP contribution in [0.1, 0.15) is 25.7 Å². The summed E-state index contributed by atoms with van der Waals surface area (Å²) in [7, 11) is 0. The van der Waals surface area contributed by atoms with E-state index in [0.717, 1.165) is 0 Å². The number of halogens is 1. The summed E-state index contributed by atoms with van der Waals surface area (Å²) in [5.74, 6) is 0.745. The van der Waals surface area contributed by atoms with Crippen molar-refractivity contribution < 1.29 is 4.52 Å². The Bertz CT molecular complexity index is 673. The molecule has 0 aromatic carbocycles. The smallest absolute Gasteiger partial charge is 0.232 e. The molecule has 2 unspecified atom stereocenters. The summed E-state index contributed by atoms with van der Waals surface area (Å²) in [6.45, 7) is 4.03. The Kier molecular flexibility index (Phi) is 2.58. The van der Waals surface area contributed by atoms with Crippen LogP contribution < -0.4 is 0 Å². The summed E-state index contributed by atoms with van der Waals surface area (Å²) in [6, 6.07) is 5.73. The normalized spacial score (nSPS) is 23.9. The second kappa shape index (κ2) is 4.04. The molecule has 5 nitrogen and oxygen atoms in total. The standard InChI is InChI=1S/C13H11ClN4O/c1-13(2)7(6-15)9(13)12-17-11(18-19-12)10-8(14)4-3-5-16-10/h3-5,7,9H,1-2H3. The van der Waals surface area contributed by atoms with Gasteiger partial charge in [0.25, 0.3) is 0 Å². The lowest BCUT2D eigenvalue weighted by Crippen LogP contribution is -1.91. The summed E-state index contributed by atoms with van der Waals surface area (Å²) in [6.07, 6.45) is 1.62. The maximum absolute atomic E-state index is 9.07. The predicted molar refractivity (Wildman–Crippen MR) is 68.2 cm³/mol. The Hall–Kier alpha value is -1.93. The zero-order valence-electron chi connectivity index (χ0n) is 10.5. The van der Waals surface area contributed by atoms with Crippen molar-refractivity contribution in [2.24, 2.45) is 11.3 Å². The molecule has 0 spiro atoms. The second-order valence-electron chi connectivity index (χ2n) is 5.20. The van der Waals surface area contributed by atoms with Crippen molar-refractivity contribution in [3.05, 3.63) is 29.2 Å². The maximum Gasteiger partial charge on any atom is 0.232 e. The van der Waals surface area contributed by atoms with Crippen LogP contribution in [0.25, 0.3) is 11.5 Å². The Labute approximate surface area is 115 Å². The fraction of sp³-hybridized carbons (Fsp3) is 0.385. The van der Waals surface area contributed by atoms with E-state index in [1.165, 1.54) is 0 Å². The first-order valence-corrected chi connectivity index (χ1v) is 6.27. The van der Waals surface area contributed by atoms with Gasteiger partial charge in [0.05, 0.1) is 22.9 Å². The summed E-state index contributed by atoms with van der Waals surface area (Å²) < 4.78 is 5.25. The van der Waals surface area contributed by atoms with Crippen molar-refractivity contribution in [2.45, 2.75) is 19.8 Å². The summed E-state index contributed by atoms with van der Waals surface area (Å²) in [5.41, 5.74) is 0.373. The van der Waals surface area contributed by atoms with Crippen LogP contribution in [0.2, 0.25) is 5.02 Å². The van der Waals surface area contributed by atoms with E-state index in [1.807, 2.05) is 13.8 Å². The van der Waals surface area contributed by atoms with E-state index in [4.69, 9.17) is 21.4 Å². The van der Waals surface area contributed by atoms with E-state index in [1.54, 1.807) is 18.3 Å². The Morgan fingerprint density at radius 1 is 1.47 bits per heavy atom. The molecule has 0 aliphatic heterocycles. The number of aromatic nitrogens is 3. The maximum atomic E-state index is 9.07. The number of hydrogen-bond donors (Lipinski definition) is 0. The molecule has 96 valence electrons. The van der Waals surface area contributed by atoms with Gasteiger partial charge in [0, 0.05) is 6.20 Å². The van der Waals surface area contributed by atoms with Crippen LogP contribution in [0.15, 0.2) is 22.9 Å². The van der Waals surface area contributed by atoms with Crippen molar-refractivity contribution in [1.82, 2.24) is 15.1 Å². The molecule has 0 bridgehead atoms. The molecule has 1 aliphatic carbocycles. The molecule has 0 amide bonds. The molecule has 0 N–H and O–H groups in total. The average Bonchev–Trinajstić information content (AvgIpc) is 2.75. The number of hydrogen-bond acceptors (Lipinski definition) is 5. The van der Waals surface area contributed by atoms with Crippen LogP contribution in [0.4, 0.5) is 0 Å². The fourth-order valence-corrected chi connectivity index (χ4v) is 2.55. The third-order valence-electron chi connectivity index (χ3n) is 3.64. The van der Waals surface area contributed by atoms with Gasteiger partial charge in [-0.1, -0.05) is 30.6 Å². The largest absolute Gasteiger partial charge is 0.339 e. The van der Waals surface area contributed by atoms with Crippen molar-refractivity contribution in [1.29, 1.82) is 5.26 Å². The topological polar surface area (TPSA) is 75.6 Å². The van der Waals surface area contributed by atoms with Gasteiger partial charge in [-0.2, -0.15) is 10.2 Å². The molecule has 1 saturated carbocycles. The van der Waals surface area contributed by atoms with Crippen molar-refractivity contribution in [3.63, 3.8) is 0 Å². The van der Waals surface area contributed by atoms with Gasteiger partial charge in [-0.05, 0) is 17.5 Å². The molecule has 2 aromatic rings. The molecule has 3 rings (SSSR count). The van der Waals surface area contributed by atoms with Crippen molar-refractivity contribution >= 4 is 11.6 Å². The molecular weight excluding hydrogens is 264 g/mol. The van der Waals surface area contributed by atoms with Gasteiger partial charge < -0.3 is 4.52 Å². The summed E-state index contributed by atoms with van der Waals surface area (Å²) in [4.78, 5) is 8.46. The summed E-state index contributed by atoms with van der Waals surface area (Å²) >= 11 is 6.04. The first kappa shape index (κ1) is 12.1. The minimum absolute atomic E-state index is 0.0127. The molecule has 19 heavy (non-hydrogen) atoms. The highest BCUT2D eigenvalue weighted by Crippen LogP contribution is 2.63. The molecule has 0 radical (unpaired) electrons. The van der Waals surface area contributed by atoms with E-state index in [0.29, 0.717) is 22.4 Å². The van der Waals surface area contributed by atoms with Crippen molar-refractivity contribution in [2.75, 3.05) is 0 Å². The van der Waals surface area contributed by atoms with Crippen LogP contribution in [0.5, 0.6) is 0 Å². The third kappa shape index (κ3) is 1.80. The molecule has 2 atom stereocenters. The average molecular weight is 275 g/mol. The van der Waals surface area contributed by atoms with E-state index < -0.39 is 0 Å². The Morgan fingerprint density at radius 3 is 2.89 bits per heavy atom. The van der Waals surface area contributed by atoms with Gasteiger partial charge in [-0.3, -0.25) is 4.98 Å². The van der Waals surface area contributed by atoms with Crippen LogP contribution >= 0.6 is 11.6 Å². The molecule has 2 aromatic heterocycles. The third-order valence-corrected chi connectivity index (χ3v) is 3.95. The van der Waals surface area contributed by atoms with Crippen LogP contribution in [-0.4, -0.2) is 15.1 Å². The van der Waals surface area contributed by atoms with Crippen LogP contribution in [-0.2, 0) is 0 Å². The van der Waals surface area contributed by atoms with Crippen molar-refractivity contribution in [3.8, 4) is 17.6 Å². The molecule has 2 heterocycles. The lowest BCUT2D eigenvalue weighted by Gasteiger charge is -1.96. The SMILES string of the molecule is CC1(C)C(C#N)C1c1nc(-c2ncccc2Cl)no1. The fourth-order valence-electron chi connectivity index (χ4n) is 2.35. The zero-order valence-corrected chi connectivity index (χ0v) is 11.2. The Balaban J connectivity index is 1.94. The monoisotopic (exact) mass is 274 g/mol. The zero-order chi connectivity index (χ0) is 13.6. The van der Waals surface area contributed by atoms with E-state index >= 15 is 0 Å². The minimum atomic E-state index is -0.119. The van der Waals surface area contributed by atoms with Gasteiger partial charge in [0.2, 0.25) is 11.7 Å². The van der Waals surface area contributed by atoms with E-state index in [9.17, 15) is 0 Å². The minimum Gasteiger partial charge on any atom is -0.339 e. The highest BCUT2D eigenvalue weighted by Gasteiger charge is 2.62. The van der Waals surface area contributed by atoms with Gasteiger partial charge in [-0.15, -0.1) is 0 Å². The molecule has 1 fully saturated rings. The lowest BCUT2D eigenvalue weighted by molar-refractivity contribution is 0.368. The van der Waals surface area contributed by atoms with E-state index in [2.05, 4.69) is 21.2 Å². The molecule has 0 saturated heterocycles. The van der Waals surface area contributed by atoms with Gasteiger partial charge in [-0.25, -0.2) is 0 Å². The molecule has 6 heteroatoms. The van der Waals surface area contributed by atoms with Gasteiger partial charge in [0.15, 0.2) is 0 Å². The predicted octanol–water partition coefficient (Wildman–Crippen LogP) is 3.05. The van der Waals surface area contributed by atoms with Gasteiger partial charge >= 0.3 is 0 Å². The number of pyridine rings is 1. The Morgan fingerprint density at radius 2 is 2.26 bits per heavy atom. The highest BCUT2D eigenvalue weighted by molar-refractivity contribution is 6.32. The number of nitriles is 1. The quantitative estimate of drug-likeness (QED) is 0.841. The van der Waals surface area contributed by atoms with Crippen LogP contribution in [0, 0.1) is 22.7 Å². The molecule has 1 aliphatic rings. The van der Waals surface area contributed by atoms with E-state index in [-0.39, 0.29) is 17.3 Å². The second-order valence-corrected chi connectivity index (χ2v) is 5.60. The highest BCUT2D eigenvalue weighted by atomic mass is 35.5. The summed E-state index contributed by atoms with van der Waals surface area (Å²) in [5, 5.41) is 13.4. The van der Waals surface area contributed by atoms with Crippen LogP contribution in [0.3, 0.4) is 0 Å². The number of nitrogens with zero attached hydrogens (tertiary/aromatic N) is 4.